The van der Waals surface area contributed by atoms with Crippen molar-refractivity contribution in [1.29, 1.82) is 0 Å². The number of aliphatic hydroxyl groups excluding tert-OH is 1. The lowest BCUT2D eigenvalue weighted by atomic mass is 10.1. The molecule has 8 aromatic rings. The van der Waals surface area contributed by atoms with Crippen LogP contribution in [-0.4, -0.2) is 116 Å². The fraction of sp³-hybridized carbons (Fsp3) is 0.559. The third-order valence-electron chi connectivity index (χ3n) is 25.8. The first kappa shape index (κ1) is 114. The number of unbranched alkanes of at least 4 members (excludes halogenated alkanes) is 30. The van der Waals surface area contributed by atoms with Gasteiger partial charge in [0.15, 0.2) is 0 Å². The first-order valence-electron chi connectivity index (χ1n) is 51.8. The quantitative estimate of drug-likeness (QED) is 0.0175. The van der Waals surface area contributed by atoms with Crippen molar-refractivity contribution in [3.05, 3.63) is 267 Å². The van der Waals surface area contributed by atoms with Crippen LogP contribution in [0.25, 0.3) is 0 Å². The Balaban J connectivity index is 0.000000348. The van der Waals surface area contributed by atoms with Crippen LogP contribution in [0.5, 0.6) is 0 Å². The van der Waals surface area contributed by atoms with Gasteiger partial charge >= 0.3 is 0 Å². The topological polar surface area (TPSA) is 84.8 Å². The van der Waals surface area contributed by atoms with Crippen LogP contribution in [0.2, 0.25) is 20.2 Å². The summed E-state index contributed by atoms with van der Waals surface area (Å²) in [6.07, 6.45) is 54.0. The van der Waals surface area contributed by atoms with Gasteiger partial charge in [-0.15, -0.1) is 0 Å². The van der Waals surface area contributed by atoms with E-state index in [4.69, 9.17) is 43.3 Å². The minimum Gasteiger partial charge on any atom is -0.407 e. The van der Waals surface area contributed by atoms with Crippen LogP contribution in [0.4, 0.5) is 0 Å². The first-order chi connectivity index (χ1) is 63.4. The van der Waals surface area contributed by atoms with Crippen LogP contribution in [-0.2, 0) is 32.2 Å². The highest BCUT2D eigenvalue weighted by Crippen LogP contribution is 2.42. The van der Waals surface area contributed by atoms with Gasteiger partial charge in [-0.25, -0.2) is 0 Å². The SMILES string of the molecule is CC(C)(C)[Si](Cl)(c1ccccc1)c1ccccc1.CCCCCCCC/C=C\CCCCCCCCOCC(COCCCCCCO[Si](c1ccccc1)(c1ccccc1)C(C)(C)C)O[Si](c1ccccc1)(c1ccccc1)C(C)(C)C.CCCCCCCC/C=C\CCCCCCCCOCC(O)COCCCCCCO[Si](c1ccccc1)(c1ccccc1)C(C)(C)C. The molecular formula is C118H181ClO8Si4. The molecule has 8 nitrogen and oxygen atoms in total. The van der Waals surface area contributed by atoms with E-state index < -0.39 is 38.4 Å². The monoisotopic (exact) mass is 1870 g/mol. The Morgan fingerprint density at radius 1 is 0.244 bits per heavy atom. The second-order valence-corrected chi connectivity index (χ2v) is 59.3. The smallest absolute Gasteiger partial charge is 0.261 e. The van der Waals surface area contributed by atoms with E-state index >= 15 is 0 Å². The van der Waals surface area contributed by atoms with Crippen LogP contribution < -0.4 is 41.5 Å². The molecule has 0 aliphatic heterocycles. The van der Waals surface area contributed by atoms with Gasteiger partial charge in [0.05, 0.1) is 32.5 Å². The van der Waals surface area contributed by atoms with Crippen molar-refractivity contribution in [2.75, 3.05) is 66.1 Å². The summed E-state index contributed by atoms with van der Waals surface area (Å²) < 4.78 is 46.2. The molecule has 0 fully saturated rings. The lowest BCUT2D eigenvalue weighted by Crippen LogP contribution is -2.68. The normalized spacial score (nSPS) is 13.0. The third kappa shape index (κ3) is 40.7. The van der Waals surface area contributed by atoms with E-state index in [1.165, 1.54) is 208 Å². The van der Waals surface area contributed by atoms with Gasteiger partial charge in [0.1, 0.15) is 6.10 Å². The van der Waals surface area contributed by atoms with E-state index in [-0.39, 0.29) is 26.3 Å². The lowest BCUT2D eigenvalue weighted by Gasteiger charge is -2.45. The van der Waals surface area contributed by atoms with Crippen molar-refractivity contribution in [2.24, 2.45) is 0 Å². The Hall–Kier alpha value is -5.92. The molecular weight excluding hydrogens is 1690 g/mol. The average Bonchev–Trinajstić information content (AvgIpc) is 0.752. The van der Waals surface area contributed by atoms with Crippen LogP contribution in [0.3, 0.4) is 0 Å². The summed E-state index contributed by atoms with van der Waals surface area (Å²) in [5, 5.41) is 20.7. The van der Waals surface area contributed by atoms with Crippen LogP contribution in [0, 0.1) is 0 Å². The second-order valence-electron chi connectivity index (χ2n) is 40.7. The zero-order chi connectivity index (χ0) is 94.4. The van der Waals surface area contributed by atoms with E-state index in [9.17, 15) is 5.11 Å². The highest BCUT2D eigenvalue weighted by atomic mass is 35.6. The van der Waals surface area contributed by atoms with Crippen molar-refractivity contribution in [3.63, 3.8) is 0 Å². The number of hydrogen-bond acceptors (Lipinski definition) is 8. The molecule has 8 aromatic carbocycles. The summed E-state index contributed by atoms with van der Waals surface area (Å²) >= 11 is 7.21. The minimum atomic E-state index is -2.77. The maximum absolute atomic E-state index is 10.2. The molecule has 8 rings (SSSR count). The van der Waals surface area contributed by atoms with Gasteiger partial charge in [-0.1, -0.05) is 505 Å². The zero-order valence-corrected chi connectivity index (χ0v) is 89.5. The molecule has 2 atom stereocenters. The van der Waals surface area contributed by atoms with Crippen molar-refractivity contribution in [2.45, 2.75) is 360 Å². The van der Waals surface area contributed by atoms with Crippen LogP contribution in [0.15, 0.2) is 267 Å². The molecule has 0 aliphatic carbocycles. The number of rotatable bonds is 66. The van der Waals surface area contributed by atoms with Crippen LogP contribution in [0.1, 0.15) is 328 Å². The molecule has 0 amide bonds. The van der Waals surface area contributed by atoms with Gasteiger partial charge in [0.25, 0.3) is 25.0 Å². The maximum atomic E-state index is 10.2. The van der Waals surface area contributed by atoms with Crippen molar-refractivity contribution >= 4 is 84.9 Å². The van der Waals surface area contributed by atoms with Gasteiger partial charge in [-0.05, 0) is 152 Å². The Morgan fingerprint density at radius 2 is 0.443 bits per heavy atom. The summed E-state index contributed by atoms with van der Waals surface area (Å²) in [6, 6.07) is 86.7. The largest absolute Gasteiger partial charge is 0.407 e. The first-order valence-corrected chi connectivity index (χ1v) is 60.6. The van der Waals surface area contributed by atoms with E-state index in [0.717, 1.165) is 90.6 Å². The average molecular weight is 1880 g/mol. The molecule has 0 aliphatic rings. The number of ether oxygens (including phenoxy) is 4. The highest BCUT2D eigenvalue weighted by molar-refractivity contribution is 7.35. The summed E-state index contributed by atoms with van der Waals surface area (Å²) in [5.41, 5.74) is 0. The Morgan fingerprint density at radius 3 is 0.672 bits per heavy atom. The fourth-order valence-electron chi connectivity index (χ4n) is 18.5. The van der Waals surface area contributed by atoms with Crippen molar-refractivity contribution in [1.82, 2.24) is 0 Å². The Bertz CT molecular complexity index is 3940. The number of allylic oxidation sites excluding steroid dienone is 4. The van der Waals surface area contributed by atoms with E-state index in [0.29, 0.717) is 39.6 Å². The van der Waals surface area contributed by atoms with Crippen molar-refractivity contribution in [3.8, 4) is 0 Å². The Kier molecular flexibility index (Phi) is 57.1. The molecule has 0 saturated heterocycles. The highest BCUT2D eigenvalue weighted by Gasteiger charge is 2.54. The fourth-order valence-corrected chi connectivity index (χ4v) is 36.5. The predicted octanol–water partition coefficient (Wildman–Crippen LogP) is 28.5. The number of benzene rings is 8. The predicted molar refractivity (Wildman–Crippen MR) is 578 cm³/mol. The van der Waals surface area contributed by atoms with Gasteiger partial charge in [-0.2, -0.15) is 11.1 Å². The third-order valence-corrected chi connectivity index (χ3v) is 48.3. The lowest BCUT2D eigenvalue weighted by molar-refractivity contribution is -0.0201. The summed E-state index contributed by atoms with van der Waals surface area (Å²) in [7, 11) is -9.96. The van der Waals surface area contributed by atoms with Gasteiger partial charge in [-0.3, -0.25) is 0 Å². The number of aliphatic hydroxyl groups is 1. The maximum Gasteiger partial charge on any atom is 0.261 e. The summed E-state index contributed by atoms with van der Waals surface area (Å²) in [5.74, 6) is 0. The van der Waals surface area contributed by atoms with Crippen LogP contribution >= 0.6 is 11.1 Å². The zero-order valence-electron chi connectivity index (χ0n) is 84.8. The summed E-state index contributed by atoms with van der Waals surface area (Å²) in [4.78, 5) is 0. The molecule has 2 unspecified atom stereocenters. The molecule has 13 heteroatoms. The standard InChI is InChI=1S/C59H90O4Si2.C43H72O4Si.C16H19ClSi/c1-8-9-10-11-12-13-14-15-16-17-18-19-20-21-22-37-48-60-51-53(63-65(59(5,6)7,56-44-33-27-34-45-56)57-46-35-28-36-47-57)52-61-49-38-23-24-39-50-62-64(58(2,3)4,54-40-29-25-30-41-54)55-42-31-26-32-43-55;1-5-6-7-8-9-10-11-12-13-14-15-16-17-18-19-28-35-45-38-40(44)39-46-36-29-20-21-30-37-47-48(43(2,3)4,41-31-24-22-25-32-41)42-33-26-23-27-34-42;1-16(2,3)18(17,14-10-6-4-7-11-14)15-12-8-5-9-13-15/h15-16,25-36,40-47,53H,8-14,17-24,37-39,48-52H2,1-7H3;12-13,22-27,31-34,40,44H,5-11,14-21,28-30,35-39H2,1-4H3;4-13H,1-3H3/b16-15-;13-12-;. The molecule has 724 valence electrons. The van der Waals surface area contributed by atoms with E-state index in [1.54, 1.807) is 0 Å². The number of hydrogen-bond donors (Lipinski definition) is 1. The molecule has 1 N–H and O–H groups in total. The van der Waals surface area contributed by atoms with E-state index in [2.05, 4.69) is 352 Å². The summed E-state index contributed by atoms with van der Waals surface area (Å²) in [6.45, 7) is 38.6. The molecule has 0 saturated carbocycles. The second kappa shape index (κ2) is 65.7. The Labute approximate surface area is 810 Å². The molecule has 0 aromatic heterocycles. The molecule has 0 radical (unpaired) electrons. The molecule has 0 spiro atoms. The number of halogens is 1. The van der Waals surface area contributed by atoms with Gasteiger partial charge in [0, 0.05) is 39.6 Å². The molecule has 0 heterocycles. The molecule has 131 heavy (non-hydrogen) atoms. The van der Waals surface area contributed by atoms with Gasteiger partial charge in [0.2, 0.25) is 7.38 Å². The van der Waals surface area contributed by atoms with Gasteiger partial charge < -0.3 is 37.3 Å². The van der Waals surface area contributed by atoms with E-state index in [1.807, 2.05) is 12.1 Å². The minimum absolute atomic E-state index is 0.00968. The molecule has 0 bridgehead atoms. The van der Waals surface area contributed by atoms with Crippen molar-refractivity contribution < 1.29 is 37.3 Å².